The van der Waals surface area contributed by atoms with Crippen LogP contribution in [0.5, 0.6) is 0 Å². The van der Waals surface area contributed by atoms with Crippen molar-refractivity contribution in [2.75, 3.05) is 38.0 Å². The summed E-state index contributed by atoms with van der Waals surface area (Å²) in [4.78, 5) is 16.6. The van der Waals surface area contributed by atoms with E-state index in [1.54, 1.807) is 24.3 Å². The van der Waals surface area contributed by atoms with Crippen LogP contribution in [0.2, 0.25) is 10.0 Å². The van der Waals surface area contributed by atoms with Gasteiger partial charge in [-0.15, -0.1) is 0 Å². The highest BCUT2D eigenvalue weighted by molar-refractivity contribution is 9.10. The smallest absolute Gasteiger partial charge is 0.238 e. The van der Waals surface area contributed by atoms with Crippen molar-refractivity contribution in [3.05, 3.63) is 62.3 Å². The highest BCUT2D eigenvalue weighted by Crippen LogP contribution is 2.25. The summed E-state index contributed by atoms with van der Waals surface area (Å²) >= 11 is 15.3. The summed E-state index contributed by atoms with van der Waals surface area (Å²) < 4.78 is 14.1. The van der Waals surface area contributed by atoms with Gasteiger partial charge in [0.2, 0.25) is 5.91 Å². The van der Waals surface area contributed by atoms with E-state index in [1.165, 1.54) is 6.07 Å². The van der Waals surface area contributed by atoms with Gasteiger partial charge in [0.25, 0.3) is 0 Å². The molecule has 0 bridgehead atoms. The number of carbonyl (C=O) groups excluding carboxylic acids is 1. The Labute approximate surface area is 176 Å². The van der Waals surface area contributed by atoms with Crippen molar-refractivity contribution in [3.8, 4) is 0 Å². The number of hydrogen-bond donors (Lipinski definition) is 1. The number of anilines is 1. The number of hydrogen-bond acceptors (Lipinski definition) is 3. The van der Waals surface area contributed by atoms with Gasteiger partial charge in [0.1, 0.15) is 5.82 Å². The largest absolute Gasteiger partial charge is 0.324 e. The van der Waals surface area contributed by atoms with Gasteiger partial charge < -0.3 is 5.32 Å². The molecule has 0 spiro atoms. The van der Waals surface area contributed by atoms with Crippen LogP contribution in [0.3, 0.4) is 0 Å². The van der Waals surface area contributed by atoms with Crippen molar-refractivity contribution in [2.45, 2.75) is 6.54 Å². The third-order valence-electron chi connectivity index (χ3n) is 4.43. The fourth-order valence-electron chi connectivity index (χ4n) is 2.99. The summed E-state index contributed by atoms with van der Waals surface area (Å²) in [6.45, 7) is 4.28. The second-order valence-electron chi connectivity index (χ2n) is 6.47. The van der Waals surface area contributed by atoms with Crippen molar-refractivity contribution in [1.82, 2.24) is 9.80 Å². The van der Waals surface area contributed by atoms with E-state index in [-0.39, 0.29) is 10.9 Å². The number of carbonyl (C=O) groups is 1. The quantitative estimate of drug-likeness (QED) is 0.684. The number of piperazine rings is 1. The fourth-order valence-corrected chi connectivity index (χ4v) is 3.91. The topological polar surface area (TPSA) is 35.6 Å². The van der Waals surface area contributed by atoms with E-state index in [0.29, 0.717) is 23.8 Å². The molecule has 1 amide bonds. The van der Waals surface area contributed by atoms with Gasteiger partial charge in [0.15, 0.2) is 0 Å². The molecule has 0 aromatic heterocycles. The zero-order chi connectivity index (χ0) is 19.4. The van der Waals surface area contributed by atoms with Crippen LogP contribution < -0.4 is 5.32 Å². The molecule has 144 valence electrons. The van der Waals surface area contributed by atoms with Crippen molar-refractivity contribution in [2.24, 2.45) is 0 Å². The van der Waals surface area contributed by atoms with Gasteiger partial charge in [-0.1, -0.05) is 45.2 Å². The predicted molar refractivity (Wildman–Crippen MR) is 111 cm³/mol. The van der Waals surface area contributed by atoms with Crippen LogP contribution in [-0.4, -0.2) is 48.4 Å². The van der Waals surface area contributed by atoms with E-state index in [9.17, 15) is 9.18 Å². The molecule has 0 atom stereocenters. The Morgan fingerprint density at radius 2 is 1.74 bits per heavy atom. The summed E-state index contributed by atoms with van der Waals surface area (Å²) in [5, 5.41) is 3.50. The van der Waals surface area contributed by atoms with Crippen molar-refractivity contribution >= 4 is 50.7 Å². The normalized spacial score (nSPS) is 15.7. The van der Waals surface area contributed by atoms with Gasteiger partial charge >= 0.3 is 0 Å². The molecule has 1 saturated heterocycles. The Kier molecular flexibility index (Phi) is 7.11. The molecule has 2 aromatic carbocycles. The average molecular weight is 475 g/mol. The standard InChI is InChI=1S/C19H19BrCl2FN3O/c20-14-2-4-18(16(22)10-14)24-19(27)12-26-7-5-25(6-8-26)11-13-1-3-17(23)15(21)9-13/h1-4,9-10H,5-8,11-12H2,(H,24,27). The van der Waals surface area contributed by atoms with E-state index in [1.807, 2.05) is 6.07 Å². The highest BCUT2D eigenvalue weighted by Gasteiger charge is 2.19. The molecular weight excluding hydrogens is 456 g/mol. The van der Waals surface area contributed by atoms with E-state index < -0.39 is 5.82 Å². The second kappa shape index (κ2) is 9.34. The first-order valence-corrected chi connectivity index (χ1v) is 10.1. The van der Waals surface area contributed by atoms with Gasteiger partial charge in [0, 0.05) is 37.2 Å². The van der Waals surface area contributed by atoms with Crippen molar-refractivity contribution in [1.29, 1.82) is 0 Å². The Morgan fingerprint density at radius 1 is 1.04 bits per heavy atom. The Bertz CT molecular complexity index is 829. The van der Waals surface area contributed by atoms with Crippen LogP contribution in [0, 0.1) is 5.82 Å². The molecule has 8 heteroatoms. The number of halogens is 4. The summed E-state index contributed by atoms with van der Waals surface area (Å²) in [5.41, 5.74) is 1.59. The van der Waals surface area contributed by atoms with Gasteiger partial charge in [-0.2, -0.15) is 0 Å². The van der Waals surface area contributed by atoms with Gasteiger partial charge in [-0.05, 0) is 35.9 Å². The molecule has 3 rings (SSSR count). The first-order chi connectivity index (χ1) is 12.9. The lowest BCUT2D eigenvalue weighted by atomic mass is 10.2. The van der Waals surface area contributed by atoms with Gasteiger partial charge in [-0.3, -0.25) is 14.6 Å². The molecule has 2 aromatic rings. The van der Waals surface area contributed by atoms with Crippen LogP contribution >= 0.6 is 39.1 Å². The van der Waals surface area contributed by atoms with Crippen LogP contribution in [0.15, 0.2) is 40.9 Å². The second-order valence-corrected chi connectivity index (χ2v) is 8.20. The molecule has 27 heavy (non-hydrogen) atoms. The number of benzene rings is 2. The third kappa shape index (κ3) is 5.90. The molecule has 1 N–H and O–H groups in total. The van der Waals surface area contributed by atoms with Crippen LogP contribution in [0.1, 0.15) is 5.56 Å². The predicted octanol–water partition coefficient (Wildman–Crippen LogP) is 4.65. The zero-order valence-corrected chi connectivity index (χ0v) is 17.6. The molecule has 4 nitrogen and oxygen atoms in total. The molecule has 0 aliphatic carbocycles. The van der Waals surface area contributed by atoms with Crippen LogP contribution in [-0.2, 0) is 11.3 Å². The highest BCUT2D eigenvalue weighted by atomic mass is 79.9. The number of nitrogens with zero attached hydrogens (tertiary/aromatic N) is 2. The maximum atomic E-state index is 13.3. The van der Waals surface area contributed by atoms with E-state index in [2.05, 4.69) is 31.0 Å². The third-order valence-corrected chi connectivity index (χ3v) is 5.52. The summed E-state index contributed by atoms with van der Waals surface area (Å²) in [5.74, 6) is -0.486. The summed E-state index contributed by atoms with van der Waals surface area (Å²) in [6.07, 6.45) is 0. The van der Waals surface area contributed by atoms with E-state index in [4.69, 9.17) is 23.2 Å². The Balaban J connectivity index is 1.46. The summed E-state index contributed by atoms with van der Waals surface area (Å²) in [7, 11) is 0. The van der Waals surface area contributed by atoms with Crippen molar-refractivity contribution in [3.63, 3.8) is 0 Å². The molecular formula is C19H19BrCl2FN3O. The number of rotatable bonds is 5. The zero-order valence-electron chi connectivity index (χ0n) is 14.5. The lowest BCUT2D eigenvalue weighted by Crippen LogP contribution is -2.48. The monoisotopic (exact) mass is 473 g/mol. The SMILES string of the molecule is O=C(CN1CCN(Cc2ccc(F)c(Cl)c2)CC1)Nc1ccc(Br)cc1Cl. The lowest BCUT2D eigenvalue weighted by molar-refractivity contribution is -0.117. The first kappa shape index (κ1) is 20.6. The average Bonchev–Trinajstić information content (AvgIpc) is 2.62. The van der Waals surface area contributed by atoms with E-state index >= 15 is 0 Å². The molecule has 1 heterocycles. The van der Waals surface area contributed by atoms with Crippen LogP contribution in [0.25, 0.3) is 0 Å². The van der Waals surface area contributed by atoms with Crippen molar-refractivity contribution < 1.29 is 9.18 Å². The molecule has 0 saturated carbocycles. The summed E-state index contributed by atoms with van der Waals surface area (Å²) in [6, 6.07) is 10.2. The Morgan fingerprint density at radius 3 is 2.41 bits per heavy atom. The molecule has 1 aliphatic rings. The minimum Gasteiger partial charge on any atom is -0.324 e. The molecule has 1 aliphatic heterocycles. The minimum atomic E-state index is -0.401. The van der Waals surface area contributed by atoms with Crippen LogP contribution in [0.4, 0.5) is 10.1 Å². The van der Waals surface area contributed by atoms with E-state index in [0.717, 1.165) is 36.2 Å². The first-order valence-electron chi connectivity index (χ1n) is 8.54. The number of nitrogens with one attached hydrogen (secondary N) is 1. The molecule has 0 unspecified atom stereocenters. The maximum Gasteiger partial charge on any atom is 0.238 e. The van der Waals surface area contributed by atoms with Gasteiger partial charge in [0.05, 0.1) is 22.3 Å². The number of amides is 1. The molecule has 0 radical (unpaired) electrons. The minimum absolute atomic E-state index is 0.0852. The lowest BCUT2D eigenvalue weighted by Gasteiger charge is -2.34. The Hall–Kier alpha value is -1.18. The fraction of sp³-hybridized carbons (Fsp3) is 0.316. The molecule has 1 fully saturated rings. The maximum absolute atomic E-state index is 13.3. The van der Waals surface area contributed by atoms with Gasteiger partial charge in [-0.25, -0.2) is 4.39 Å².